The van der Waals surface area contributed by atoms with Crippen LogP contribution in [0.3, 0.4) is 0 Å². The molecule has 2 unspecified atom stereocenters. The first-order chi connectivity index (χ1) is 11.8. The zero-order valence-electron chi connectivity index (χ0n) is 14.9. The Morgan fingerprint density at radius 3 is 2.33 bits per heavy atom. The molecule has 0 N–H and O–H groups in total. The van der Waals surface area contributed by atoms with Crippen LogP contribution in [0, 0.1) is 18.3 Å². The fourth-order valence-electron chi connectivity index (χ4n) is 3.84. The number of terminal acetylenes is 1. The fourth-order valence-corrected chi connectivity index (χ4v) is 3.84. The molecule has 132 valence electrons. The first-order valence-corrected chi connectivity index (χ1v) is 8.95. The van der Waals surface area contributed by atoms with Gasteiger partial charge in [-0.1, -0.05) is 55.5 Å². The monoisotopic (exact) mass is 330 g/mol. The Balaban J connectivity index is 2.26. The highest BCUT2D eigenvalue weighted by atomic mass is 16.7. The Kier molecular flexibility index (Phi) is 8.32. The van der Waals surface area contributed by atoms with Crippen molar-refractivity contribution in [3.05, 3.63) is 35.9 Å². The Morgan fingerprint density at radius 1 is 1.08 bits per heavy atom. The van der Waals surface area contributed by atoms with E-state index in [1.807, 2.05) is 6.07 Å². The number of methoxy groups -OCH3 is 2. The molecule has 0 spiro atoms. The SMILES string of the molecule is C#CCOC(C1CCCCC1)C(CC(OC)OC)c1ccccc1. The largest absolute Gasteiger partial charge is 0.365 e. The molecule has 0 radical (unpaired) electrons. The van der Waals surface area contributed by atoms with E-state index in [4.69, 9.17) is 20.6 Å². The number of ether oxygens (including phenoxy) is 3. The van der Waals surface area contributed by atoms with Crippen LogP contribution in [-0.4, -0.2) is 33.2 Å². The topological polar surface area (TPSA) is 27.7 Å². The first kappa shape index (κ1) is 19.0. The van der Waals surface area contributed by atoms with Gasteiger partial charge in [0.1, 0.15) is 6.61 Å². The van der Waals surface area contributed by atoms with Crippen molar-refractivity contribution in [2.45, 2.75) is 56.8 Å². The third kappa shape index (κ3) is 5.34. The van der Waals surface area contributed by atoms with Crippen LogP contribution in [-0.2, 0) is 14.2 Å². The van der Waals surface area contributed by atoms with Gasteiger partial charge in [-0.2, -0.15) is 0 Å². The van der Waals surface area contributed by atoms with Gasteiger partial charge in [0.15, 0.2) is 6.29 Å². The van der Waals surface area contributed by atoms with Crippen molar-refractivity contribution in [1.82, 2.24) is 0 Å². The molecule has 0 bridgehead atoms. The minimum absolute atomic E-state index is 0.108. The molecule has 2 rings (SSSR count). The molecule has 3 heteroatoms. The summed E-state index contributed by atoms with van der Waals surface area (Å²) in [6.45, 7) is 0.356. The number of hydrogen-bond acceptors (Lipinski definition) is 3. The molecule has 0 heterocycles. The normalized spacial score (nSPS) is 18.2. The zero-order valence-corrected chi connectivity index (χ0v) is 14.9. The van der Waals surface area contributed by atoms with Crippen molar-refractivity contribution in [2.24, 2.45) is 5.92 Å². The summed E-state index contributed by atoms with van der Waals surface area (Å²) in [5.41, 5.74) is 1.27. The molecule has 1 aliphatic rings. The van der Waals surface area contributed by atoms with Gasteiger partial charge in [-0.25, -0.2) is 0 Å². The Bertz CT molecular complexity index is 484. The molecular weight excluding hydrogens is 300 g/mol. The van der Waals surface area contributed by atoms with E-state index in [1.54, 1.807) is 14.2 Å². The van der Waals surface area contributed by atoms with Crippen molar-refractivity contribution < 1.29 is 14.2 Å². The first-order valence-electron chi connectivity index (χ1n) is 8.95. The summed E-state index contributed by atoms with van der Waals surface area (Å²) >= 11 is 0. The standard InChI is InChI=1S/C21H30O3/c1-4-15-24-21(18-13-9-6-10-14-18)19(16-20(22-2)23-3)17-11-7-5-8-12-17/h1,5,7-8,11-12,18-21H,6,9-10,13-16H2,2-3H3. The Labute approximate surface area is 146 Å². The van der Waals surface area contributed by atoms with Crippen molar-refractivity contribution in [3.8, 4) is 12.3 Å². The second-order valence-electron chi connectivity index (χ2n) is 6.53. The quantitative estimate of drug-likeness (QED) is 0.497. The molecule has 0 aromatic heterocycles. The lowest BCUT2D eigenvalue weighted by molar-refractivity contribution is -0.120. The molecule has 1 saturated carbocycles. The molecule has 2 atom stereocenters. The van der Waals surface area contributed by atoms with Gasteiger partial charge in [-0.3, -0.25) is 0 Å². The lowest BCUT2D eigenvalue weighted by Gasteiger charge is -2.36. The molecule has 24 heavy (non-hydrogen) atoms. The predicted octanol–water partition coefficient (Wildman–Crippen LogP) is 4.38. The maximum Gasteiger partial charge on any atom is 0.157 e. The summed E-state index contributed by atoms with van der Waals surface area (Å²) < 4.78 is 17.1. The highest BCUT2D eigenvalue weighted by Gasteiger charge is 2.34. The molecule has 0 saturated heterocycles. The summed E-state index contributed by atoms with van der Waals surface area (Å²) in [4.78, 5) is 0. The second-order valence-corrected chi connectivity index (χ2v) is 6.53. The number of benzene rings is 1. The van der Waals surface area contributed by atoms with E-state index in [0.29, 0.717) is 12.5 Å². The number of hydrogen-bond donors (Lipinski definition) is 0. The van der Waals surface area contributed by atoms with Crippen LogP contribution >= 0.6 is 0 Å². The van der Waals surface area contributed by atoms with Crippen LogP contribution in [0.4, 0.5) is 0 Å². The van der Waals surface area contributed by atoms with Gasteiger partial charge in [0.2, 0.25) is 0 Å². The van der Waals surface area contributed by atoms with Crippen LogP contribution in [0.25, 0.3) is 0 Å². The molecular formula is C21H30O3. The van der Waals surface area contributed by atoms with E-state index in [0.717, 1.165) is 6.42 Å². The van der Waals surface area contributed by atoms with E-state index in [1.165, 1.54) is 37.7 Å². The average molecular weight is 330 g/mol. The maximum absolute atomic E-state index is 6.19. The van der Waals surface area contributed by atoms with E-state index in [9.17, 15) is 0 Å². The van der Waals surface area contributed by atoms with Gasteiger partial charge in [-0.05, 0) is 24.3 Å². The zero-order chi connectivity index (χ0) is 17.2. The van der Waals surface area contributed by atoms with Gasteiger partial charge in [0.25, 0.3) is 0 Å². The van der Waals surface area contributed by atoms with Crippen LogP contribution < -0.4 is 0 Å². The highest BCUT2D eigenvalue weighted by molar-refractivity contribution is 5.21. The summed E-state index contributed by atoms with van der Waals surface area (Å²) in [6, 6.07) is 10.5. The van der Waals surface area contributed by atoms with E-state index < -0.39 is 0 Å². The average Bonchev–Trinajstić information content (AvgIpc) is 2.66. The summed E-state index contributed by atoms with van der Waals surface area (Å²) in [6.07, 6.45) is 12.4. The maximum atomic E-state index is 6.19. The van der Waals surface area contributed by atoms with Crippen LogP contribution in [0.15, 0.2) is 30.3 Å². The van der Waals surface area contributed by atoms with Gasteiger partial charge >= 0.3 is 0 Å². The molecule has 3 nitrogen and oxygen atoms in total. The van der Waals surface area contributed by atoms with Crippen molar-refractivity contribution in [3.63, 3.8) is 0 Å². The lowest BCUT2D eigenvalue weighted by atomic mass is 9.76. The van der Waals surface area contributed by atoms with Gasteiger partial charge in [0.05, 0.1) is 6.10 Å². The third-order valence-corrected chi connectivity index (χ3v) is 5.07. The molecule has 0 aliphatic heterocycles. The fraction of sp³-hybridized carbons (Fsp3) is 0.619. The third-order valence-electron chi connectivity index (χ3n) is 5.07. The number of rotatable bonds is 9. The Morgan fingerprint density at radius 2 is 1.75 bits per heavy atom. The van der Waals surface area contributed by atoms with E-state index in [-0.39, 0.29) is 18.3 Å². The van der Waals surface area contributed by atoms with Gasteiger partial charge in [-0.15, -0.1) is 6.42 Å². The predicted molar refractivity (Wildman–Crippen MR) is 96.8 cm³/mol. The smallest absolute Gasteiger partial charge is 0.157 e. The van der Waals surface area contributed by atoms with Crippen LogP contribution in [0.2, 0.25) is 0 Å². The van der Waals surface area contributed by atoms with Crippen molar-refractivity contribution >= 4 is 0 Å². The Hall–Kier alpha value is -1.34. The van der Waals surface area contributed by atoms with E-state index in [2.05, 4.69) is 30.2 Å². The summed E-state index contributed by atoms with van der Waals surface area (Å²) in [5, 5.41) is 0. The second kappa shape index (κ2) is 10.5. The lowest BCUT2D eigenvalue weighted by Crippen LogP contribution is -2.35. The van der Waals surface area contributed by atoms with Gasteiger partial charge in [0, 0.05) is 26.6 Å². The van der Waals surface area contributed by atoms with E-state index >= 15 is 0 Å². The molecule has 1 aromatic carbocycles. The summed E-state index contributed by atoms with van der Waals surface area (Å²) in [5.74, 6) is 3.40. The molecule has 1 aromatic rings. The van der Waals surface area contributed by atoms with Crippen LogP contribution in [0.5, 0.6) is 0 Å². The van der Waals surface area contributed by atoms with Crippen LogP contribution in [0.1, 0.15) is 50.0 Å². The summed E-state index contributed by atoms with van der Waals surface area (Å²) in [7, 11) is 3.38. The molecule has 1 fully saturated rings. The van der Waals surface area contributed by atoms with Gasteiger partial charge < -0.3 is 14.2 Å². The minimum Gasteiger partial charge on any atom is -0.365 e. The minimum atomic E-state index is -0.240. The molecule has 0 amide bonds. The van der Waals surface area contributed by atoms with Crippen molar-refractivity contribution in [2.75, 3.05) is 20.8 Å². The highest BCUT2D eigenvalue weighted by Crippen LogP contribution is 2.38. The van der Waals surface area contributed by atoms with Crippen molar-refractivity contribution in [1.29, 1.82) is 0 Å². The molecule has 1 aliphatic carbocycles.